The normalized spacial score (nSPS) is 22.8. The van der Waals surface area contributed by atoms with Gasteiger partial charge in [0.05, 0.1) is 44.2 Å². The van der Waals surface area contributed by atoms with E-state index in [-0.39, 0.29) is 6.10 Å². The third kappa shape index (κ3) is 8.04. The van der Waals surface area contributed by atoms with Crippen LogP contribution < -0.4 is 14.8 Å². The molecule has 50 heavy (non-hydrogen) atoms. The Kier molecular flexibility index (Phi) is 10.8. The first-order valence-electron chi connectivity index (χ1n) is 17.6. The van der Waals surface area contributed by atoms with Crippen LogP contribution in [-0.2, 0) is 16.0 Å². The zero-order valence-electron chi connectivity index (χ0n) is 28.7. The van der Waals surface area contributed by atoms with Crippen molar-refractivity contribution in [2.75, 3.05) is 45.4 Å². The Balaban J connectivity index is 1.02. The van der Waals surface area contributed by atoms with Crippen LogP contribution in [-0.4, -0.2) is 103 Å². The maximum Gasteiger partial charge on any atom is 0.256 e. The van der Waals surface area contributed by atoms with Crippen LogP contribution >= 0.6 is 0 Å². The molecule has 3 aromatic heterocycles. The number of nitriles is 1. The van der Waals surface area contributed by atoms with Crippen molar-refractivity contribution in [3.8, 4) is 28.8 Å². The van der Waals surface area contributed by atoms with Gasteiger partial charge in [0, 0.05) is 56.7 Å². The highest BCUT2D eigenvalue weighted by atomic mass is 16.5. The zero-order valence-corrected chi connectivity index (χ0v) is 28.7. The fourth-order valence-electron chi connectivity index (χ4n) is 7.38. The van der Waals surface area contributed by atoms with Gasteiger partial charge in [-0.05, 0) is 79.5 Å². The number of nitrogens with zero attached hydrogens (tertiary/aromatic N) is 10. The summed E-state index contributed by atoms with van der Waals surface area (Å²) in [6.45, 7) is 6.42. The third-order valence-corrected chi connectivity index (χ3v) is 9.95. The fourth-order valence-corrected chi connectivity index (χ4v) is 7.38. The van der Waals surface area contributed by atoms with Gasteiger partial charge in [0.25, 0.3) is 5.88 Å². The maximum atomic E-state index is 9.68. The topological polar surface area (TPSA) is 163 Å². The smallest absolute Gasteiger partial charge is 0.256 e. The van der Waals surface area contributed by atoms with Crippen molar-refractivity contribution in [2.45, 2.75) is 82.6 Å². The van der Waals surface area contributed by atoms with Gasteiger partial charge in [0.15, 0.2) is 0 Å². The number of methoxy groups -OCH3 is 1. The van der Waals surface area contributed by atoms with Crippen molar-refractivity contribution < 1.29 is 18.9 Å². The van der Waals surface area contributed by atoms with Gasteiger partial charge in [-0.3, -0.25) is 9.58 Å². The van der Waals surface area contributed by atoms with Gasteiger partial charge < -0.3 is 24.3 Å². The summed E-state index contributed by atoms with van der Waals surface area (Å²) in [6.07, 6.45) is 14.6. The van der Waals surface area contributed by atoms with Crippen molar-refractivity contribution in [3.05, 3.63) is 48.7 Å². The fraction of sp³-hybridized carbons (Fsp3) is 0.571. The average Bonchev–Trinajstić information content (AvgIpc) is 3.68. The van der Waals surface area contributed by atoms with E-state index in [1.165, 1.54) is 25.7 Å². The minimum absolute atomic E-state index is 0.269. The number of rotatable bonds is 14. The van der Waals surface area contributed by atoms with Crippen LogP contribution in [0.15, 0.2) is 43.1 Å². The van der Waals surface area contributed by atoms with Crippen LogP contribution in [0.4, 0.5) is 11.6 Å². The molecular weight excluding hydrogens is 638 g/mol. The predicted molar refractivity (Wildman–Crippen MR) is 183 cm³/mol. The molecule has 1 aliphatic carbocycles. The molecule has 0 radical (unpaired) electrons. The van der Waals surface area contributed by atoms with Crippen LogP contribution in [0.1, 0.15) is 63.5 Å². The predicted octanol–water partition coefficient (Wildman–Crippen LogP) is 4.42. The Bertz CT molecular complexity index is 1710. The number of benzene rings is 1. The van der Waals surface area contributed by atoms with Crippen molar-refractivity contribution >= 4 is 11.6 Å². The first kappa shape index (κ1) is 33.8. The summed E-state index contributed by atoms with van der Waals surface area (Å²) >= 11 is 0. The Morgan fingerprint density at radius 1 is 1.02 bits per heavy atom. The SMILES string of the molecule is COCCCOc1nn([C@H]2CC[C@H](N3C[C@@H]4CC[C@@H]3COC4)CC2)cc1Nc1ncc(-c2ccc(C#N)c(O[C@@H](C)Cn3cnnn3)c2)cn1. The molecule has 15 heteroatoms. The van der Waals surface area contributed by atoms with Gasteiger partial charge >= 0.3 is 0 Å². The highest BCUT2D eigenvalue weighted by Gasteiger charge is 2.37. The summed E-state index contributed by atoms with van der Waals surface area (Å²) in [5, 5.41) is 29.1. The average molecular weight is 684 g/mol. The van der Waals surface area contributed by atoms with E-state index in [4.69, 9.17) is 24.0 Å². The van der Waals surface area contributed by atoms with Gasteiger partial charge in [-0.25, -0.2) is 14.6 Å². The lowest BCUT2D eigenvalue weighted by atomic mass is 9.86. The van der Waals surface area contributed by atoms with E-state index in [2.05, 4.69) is 46.5 Å². The van der Waals surface area contributed by atoms with E-state index in [0.717, 1.165) is 62.1 Å². The van der Waals surface area contributed by atoms with E-state index < -0.39 is 0 Å². The summed E-state index contributed by atoms with van der Waals surface area (Å²) < 4.78 is 27.1. The molecule has 1 aromatic carbocycles. The summed E-state index contributed by atoms with van der Waals surface area (Å²) in [6, 6.07) is 9.12. The molecule has 1 N–H and O–H groups in total. The molecule has 4 aromatic rings. The Morgan fingerprint density at radius 3 is 2.62 bits per heavy atom. The van der Waals surface area contributed by atoms with Crippen LogP contribution in [0.5, 0.6) is 11.6 Å². The zero-order chi connectivity index (χ0) is 34.3. The molecule has 2 bridgehead atoms. The van der Waals surface area contributed by atoms with E-state index in [0.29, 0.717) is 66.9 Å². The number of anilines is 2. The minimum Gasteiger partial charge on any atom is -0.487 e. The molecule has 15 nitrogen and oxygen atoms in total. The molecule has 0 spiro atoms. The lowest BCUT2D eigenvalue weighted by Crippen LogP contribution is -2.50. The number of ether oxygens (including phenoxy) is 4. The van der Waals surface area contributed by atoms with E-state index in [9.17, 15) is 5.26 Å². The molecule has 0 amide bonds. The van der Waals surface area contributed by atoms with Crippen molar-refractivity contribution in [2.24, 2.45) is 5.92 Å². The number of aromatic nitrogens is 8. The number of hydrogen-bond acceptors (Lipinski definition) is 13. The Hall–Kier alpha value is -4.65. The number of nitrogens with one attached hydrogen (secondary N) is 1. The molecule has 0 unspecified atom stereocenters. The van der Waals surface area contributed by atoms with Crippen molar-refractivity contribution in [1.29, 1.82) is 5.26 Å². The lowest BCUT2D eigenvalue weighted by Gasteiger charge is -2.43. The molecule has 3 atom stereocenters. The summed E-state index contributed by atoms with van der Waals surface area (Å²) in [5.41, 5.74) is 2.77. The molecule has 3 saturated heterocycles. The maximum absolute atomic E-state index is 9.68. The van der Waals surface area contributed by atoms with Gasteiger partial charge in [0.1, 0.15) is 29.9 Å². The first-order valence-corrected chi connectivity index (χ1v) is 17.6. The quantitative estimate of drug-likeness (QED) is 0.186. The summed E-state index contributed by atoms with van der Waals surface area (Å²) in [7, 11) is 1.69. The summed E-state index contributed by atoms with van der Waals surface area (Å²) in [5.74, 6) is 2.11. The third-order valence-electron chi connectivity index (χ3n) is 9.95. The van der Waals surface area contributed by atoms with Crippen LogP contribution in [0, 0.1) is 17.2 Å². The second kappa shape index (κ2) is 15.9. The first-order chi connectivity index (χ1) is 24.6. The molecule has 1 saturated carbocycles. The van der Waals surface area contributed by atoms with Crippen LogP contribution in [0.2, 0.25) is 0 Å². The van der Waals surface area contributed by atoms with Crippen LogP contribution in [0.3, 0.4) is 0 Å². The van der Waals surface area contributed by atoms with E-state index in [1.54, 1.807) is 30.3 Å². The van der Waals surface area contributed by atoms with Crippen molar-refractivity contribution in [3.63, 3.8) is 0 Å². The van der Waals surface area contributed by atoms with Crippen molar-refractivity contribution in [1.82, 2.24) is 44.9 Å². The van der Waals surface area contributed by atoms with Gasteiger partial charge in [-0.2, -0.15) is 5.26 Å². The Morgan fingerprint density at radius 2 is 1.84 bits per heavy atom. The molecule has 6 heterocycles. The van der Waals surface area contributed by atoms with Crippen LogP contribution in [0.25, 0.3) is 11.1 Å². The summed E-state index contributed by atoms with van der Waals surface area (Å²) in [4.78, 5) is 12.0. The molecule has 4 fully saturated rings. The minimum atomic E-state index is -0.269. The Labute approximate surface area is 291 Å². The number of hydrogen-bond donors (Lipinski definition) is 1. The number of fused-ring (bicyclic) bond motifs is 4. The standard InChI is InChI=1S/C35H45N11O4/c1-24(18-44-23-39-42-43-44)50-33-14-26(5-6-27(33)15-36)28-16-37-35(38-17-28)40-32-20-46(41-34(32)49-13-3-12-47-2)30-10-8-29(9-11-30)45-19-25-4-7-31(45)22-48-21-25/h5-6,14,16-17,20,23-25,29-31H,3-4,7-13,18-19,21-22H2,1-2H3,(H,37,38,40)/t24-,25-,29-,30-,31+/m0/s1. The van der Waals surface area contributed by atoms with E-state index >= 15 is 0 Å². The molecule has 264 valence electrons. The van der Waals surface area contributed by atoms with E-state index in [1.807, 2.05) is 25.3 Å². The number of piperidine rings is 1. The van der Waals surface area contributed by atoms with Gasteiger partial charge in [-0.1, -0.05) is 6.07 Å². The monoisotopic (exact) mass is 683 g/mol. The molecule has 4 aliphatic rings. The van der Waals surface area contributed by atoms with Gasteiger partial charge in [-0.15, -0.1) is 10.2 Å². The number of tetrazole rings is 1. The lowest BCUT2D eigenvalue weighted by molar-refractivity contribution is 0.0459. The highest BCUT2D eigenvalue weighted by molar-refractivity contribution is 5.67. The second-order valence-electron chi connectivity index (χ2n) is 13.5. The highest BCUT2D eigenvalue weighted by Crippen LogP contribution is 2.38. The largest absolute Gasteiger partial charge is 0.487 e. The molecule has 3 aliphatic heterocycles. The molecule has 8 rings (SSSR count). The molecular formula is C35H45N11O4. The second-order valence-corrected chi connectivity index (χ2v) is 13.5. The van der Waals surface area contributed by atoms with Gasteiger partial charge in [0.2, 0.25) is 5.95 Å².